The van der Waals surface area contributed by atoms with Crippen LogP contribution in [0.4, 0.5) is 17.1 Å². The summed E-state index contributed by atoms with van der Waals surface area (Å²) in [6, 6.07) is 69.2. The van der Waals surface area contributed by atoms with E-state index in [2.05, 4.69) is 193 Å². The molecule has 3 heteroatoms. The first kappa shape index (κ1) is 29.4. The lowest BCUT2D eigenvalue weighted by Gasteiger charge is -2.35. The molecule has 8 aromatic carbocycles. The van der Waals surface area contributed by atoms with E-state index in [1.165, 1.54) is 63.7 Å². The third kappa shape index (κ3) is 4.44. The summed E-state index contributed by atoms with van der Waals surface area (Å²) in [4.78, 5) is 7.75. The smallest absolute Gasteiger partial charge is 0.0714 e. The van der Waals surface area contributed by atoms with E-state index in [4.69, 9.17) is 0 Å². The Balaban J connectivity index is 1.29. The van der Waals surface area contributed by atoms with E-state index in [0.29, 0.717) is 0 Å². The molecular formula is C47H31NS2. The molecule has 8 aromatic rings. The van der Waals surface area contributed by atoms with Crippen LogP contribution in [0.25, 0.3) is 21.9 Å². The van der Waals surface area contributed by atoms with Crippen molar-refractivity contribution in [3.05, 3.63) is 210 Å². The third-order valence-corrected chi connectivity index (χ3v) is 12.8. The maximum absolute atomic E-state index is 2.48. The number of benzene rings is 8. The minimum absolute atomic E-state index is 0.512. The van der Waals surface area contributed by atoms with Crippen LogP contribution in [0, 0.1) is 0 Å². The van der Waals surface area contributed by atoms with E-state index in [0.717, 1.165) is 17.1 Å². The van der Waals surface area contributed by atoms with Gasteiger partial charge in [-0.15, -0.1) is 0 Å². The van der Waals surface area contributed by atoms with Crippen molar-refractivity contribution in [1.29, 1.82) is 0 Å². The van der Waals surface area contributed by atoms with Crippen molar-refractivity contribution in [2.24, 2.45) is 0 Å². The number of para-hydroxylation sites is 1. The van der Waals surface area contributed by atoms with E-state index < -0.39 is 5.41 Å². The minimum atomic E-state index is -0.512. The Bertz CT molecular complexity index is 2500. The normalized spacial score (nSPS) is 13.6. The number of nitrogens with zero attached hydrogens (tertiary/aromatic N) is 1. The highest BCUT2D eigenvalue weighted by Gasteiger charge is 2.48. The van der Waals surface area contributed by atoms with Gasteiger partial charge in [0.05, 0.1) is 11.1 Å². The molecule has 0 unspecified atom stereocenters. The molecule has 2 aliphatic rings. The first-order valence-corrected chi connectivity index (χ1v) is 18.6. The second-order valence-electron chi connectivity index (χ2n) is 12.8. The number of hydrogen-bond acceptors (Lipinski definition) is 3. The van der Waals surface area contributed by atoms with E-state index in [1.54, 1.807) is 0 Å². The van der Waals surface area contributed by atoms with Gasteiger partial charge in [0.25, 0.3) is 0 Å². The fourth-order valence-electron chi connectivity index (χ4n) is 8.09. The Labute approximate surface area is 301 Å². The van der Waals surface area contributed by atoms with E-state index in [1.807, 2.05) is 23.5 Å². The van der Waals surface area contributed by atoms with Gasteiger partial charge in [-0.3, -0.25) is 0 Å². The van der Waals surface area contributed by atoms with E-state index in [-0.39, 0.29) is 0 Å². The first-order chi connectivity index (χ1) is 24.8. The summed E-state index contributed by atoms with van der Waals surface area (Å²) in [5.74, 6) is 0. The maximum atomic E-state index is 2.48. The number of anilines is 3. The summed E-state index contributed by atoms with van der Waals surface area (Å²) in [5.41, 5.74) is 10.7. The fraction of sp³-hybridized carbons (Fsp3) is 0.0213. The summed E-state index contributed by atoms with van der Waals surface area (Å²) in [7, 11) is 0. The van der Waals surface area contributed by atoms with Gasteiger partial charge in [0.1, 0.15) is 0 Å². The minimum Gasteiger partial charge on any atom is -0.310 e. The molecule has 0 amide bonds. The van der Waals surface area contributed by atoms with Crippen molar-refractivity contribution in [1.82, 2.24) is 0 Å². The van der Waals surface area contributed by atoms with Crippen molar-refractivity contribution in [3.63, 3.8) is 0 Å². The second kappa shape index (κ2) is 11.8. The maximum Gasteiger partial charge on any atom is 0.0714 e. The molecule has 0 radical (unpaired) electrons. The summed E-state index contributed by atoms with van der Waals surface area (Å²) >= 11 is 3.81. The van der Waals surface area contributed by atoms with Gasteiger partial charge in [0.2, 0.25) is 0 Å². The zero-order chi connectivity index (χ0) is 33.1. The van der Waals surface area contributed by atoms with Gasteiger partial charge in [0, 0.05) is 41.9 Å². The van der Waals surface area contributed by atoms with Gasteiger partial charge in [-0.25, -0.2) is 0 Å². The molecule has 0 atom stereocenters. The van der Waals surface area contributed by atoms with Crippen LogP contribution in [0.3, 0.4) is 0 Å². The lowest BCUT2D eigenvalue weighted by atomic mass is 9.67. The van der Waals surface area contributed by atoms with Gasteiger partial charge in [0.15, 0.2) is 0 Å². The Morgan fingerprint density at radius 2 is 1.04 bits per heavy atom. The largest absolute Gasteiger partial charge is 0.310 e. The molecule has 1 aliphatic carbocycles. The van der Waals surface area contributed by atoms with Gasteiger partial charge < -0.3 is 4.90 Å². The second-order valence-corrected chi connectivity index (χ2v) is 15.0. The SMILES string of the molecule is c1ccc(N(c2ccc3c(c2)C(c2ccccc2)(c2ccccc2)c2ccc4c(c2-3)Sc2ccccc2S4)c2cccc3ccccc23)cc1. The molecule has 0 saturated carbocycles. The van der Waals surface area contributed by atoms with Gasteiger partial charge in [-0.05, 0) is 81.7 Å². The highest BCUT2D eigenvalue weighted by atomic mass is 32.2. The summed E-state index contributed by atoms with van der Waals surface area (Å²) in [6.07, 6.45) is 0. The number of hydrogen-bond donors (Lipinski definition) is 0. The predicted molar refractivity (Wildman–Crippen MR) is 211 cm³/mol. The van der Waals surface area contributed by atoms with Crippen molar-refractivity contribution >= 4 is 51.4 Å². The summed E-state index contributed by atoms with van der Waals surface area (Å²) < 4.78 is 0. The average Bonchev–Trinajstić information content (AvgIpc) is 3.49. The van der Waals surface area contributed by atoms with Crippen molar-refractivity contribution < 1.29 is 0 Å². The Hall–Kier alpha value is -5.48. The molecular weight excluding hydrogens is 643 g/mol. The van der Waals surface area contributed by atoms with Gasteiger partial charge >= 0.3 is 0 Å². The van der Waals surface area contributed by atoms with Crippen molar-refractivity contribution in [2.45, 2.75) is 25.0 Å². The molecule has 0 saturated heterocycles. The molecule has 0 bridgehead atoms. The van der Waals surface area contributed by atoms with Crippen LogP contribution in [-0.2, 0) is 5.41 Å². The van der Waals surface area contributed by atoms with Crippen LogP contribution in [0.2, 0.25) is 0 Å². The van der Waals surface area contributed by atoms with Gasteiger partial charge in [-0.2, -0.15) is 0 Å². The first-order valence-electron chi connectivity index (χ1n) is 17.0. The molecule has 50 heavy (non-hydrogen) atoms. The van der Waals surface area contributed by atoms with Crippen LogP contribution >= 0.6 is 23.5 Å². The topological polar surface area (TPSA) is 3.24 Å². The van der Waals surface area contributed by atoms with E-state index in [9.17, 15) is 0 Å². The average molecular weight is 674 g/mol. The molecule has 0 spiro atoms. The fourth-order valence-corrected chi connectivity index (χ4v) is 10.5. The van der Waals surface area contributed by atoms with Crippen LogP contribution in [0.1, 0.15) is 22.3 Å². The zero-order valence-corrected chi connectivity index (χ0v) is 28.8. The monoisotopic (exact) mass is 673 g/mol. The summed E-state index contributed by atoms with van der Waals surface area (Å²) in [5, 5.41) is 2.45. The lowest BCUT2D eigenvalue weighted by Crippen LogP contribution is -2.28. The van der Waals surface area contributed by atoms with Crippen LogP contribution < -0.4 is 4.90 Å². The molecule has 1 heterocycles. The van der Waals surface area contributed by atoms with Crippen molar-refractivity contribution in [3.8, 4) is 11.1 Å². The number of rotatable bonds is 5. The molecule has 0 aromatic heterocycles. The highest BCUT2D eigenvalue weighted by molar-refractivity contribution is 8.05. The van der Waals surface area contributed by atoms with Crippen molar-refractivity contribution in [2.75, 3.05) is 4.90 Å². The van der Waals surface area contributed by atoms with Crippen LogP contribution in [0.15, 0.2) is 208 Å². The number of fused-ring (bicyclic) bond motifs is 7. The Kier molecular flexibility index (Phi) is 6.97. The lowest BCUT2D eigenvalue weighted by molar-refractivity contribution is 0.766. The van der Waals surface area contributed by atoms with Crippen LogP contribution in [-0.4, -0.2) is 0 Å². The molecule has 1 nitrogen and oxygen atoms in total. The molecule has 1 aliphatic heterocycles. The van der Waals surface area contributed by atoms with Crippen LogP contribution in [0.5, 0.6) is 0 Å². The van der Waals surface area contributed by atoms with Gasteiger partial charge in [-0.1, -0.05) is 163 Å². The molecule has 10 rings (SSSR count). The quantitative estimate of drug-likeness (QED) is 0.179. The zero-order valence-electron chi connectivity index (χ0n) is 27.2. The molecule has 236 valence electrons. The standard InChI is InChI=1S/C47H31NS2/c1-4-17-33(18-5-1)47(34-19-6-2-7-20-34)39-29-30-44-46(50-43-26-13-12-25-42(43)49-44)45(39)38-28-27-36(31-40(38)47)48(35-21-8-3-9-22-35)41-24-14-16-32-15-10-11-23-37(32)41/h1-31H. The van der Waals surface area contributed by atoms with E-state index >= 15 is 0 Å². The summed E-state index contributed by atoms with van der Waals surface area (Å²) in [6.45, 7) is 0. The predicted octanol–water partition coefficient (Wildman–Crippen LogP) is 13.3. The molecule has 0 fully saturated rings. The Morgan fingerprint density at radius 1 is 0.420 bits per heavy atom. The molecule has 0 N–H and O–H groups in total. The third-order valence-electron chi connectivity index (χ3n) is 10.2. The Morgan fingerprint density at radius 3 is 1.78 bits per heavy atom. The highest BCUT2D eigenvalue weighted by Crippen LogP contribution is 2.62.